The Morgan fingerprint density at radius 1 is 1.14 bits per heavy atom. The summed E-state index contributed by atoms with van der Waals surface area (Å²) < 4.78 is 46.0. The van der Waals surface area contributed by atoms with Crippen LogP contribution in [0.4, 0.5) is 15.3 Å². The Kier molecular flexibility index (Phi) is 9.48. The summed E-state index contributed by atoms with van der Waals surface area (Å²) in [7, 11) is -2.44. The van der Waals surface area contributed by atoms with Gasteiger partial charge in [-0.05, 0) is 73.5 Å². The average Bonchev–Trinajstić information content (AvgIpc) is 3.20. The first-order valence-corrected chi connectivity index (χ1v) is 14.4. The minimum absolute atomic E-state index is 0.0436. The molecule has 2 aromatic rings. The predicted molar refractivity (Wildman–Crippen MR) is 145 cm³/mol. The maximum atomic E-state index is 13.1. The molecule has 2 atom stereocenters. The van der Waals surface area contributed by atoms with E-state index in [1.54, 1.807) is 57.2 Å². The predicted octanol–water partition coefficient (Wildman–Crippen LogP) is 5.13. The highest BCUT2D eigenvalue weighted by molar-refractivity contribution is 9.11. The van der Waals surface area contributed by atoms with Crippen molar-refractivity contribution >= 4 is 59.8 Å². The number of halogens is 2. The molecule has 37 heavy (non-hydrogen) atoms. The van der Waals surface area contributed by atoms with Crippen molar-refractivity contribution in [3.05, 3.63) is 51.4 Å². The first kappa shape index (κ1) is 29.2. The standard InChI is InChI=1S/C24H29Br2N3O7S/c1-24(2,3)36-23(31)29-13-16(28-37(32,33)21-11-15(25)9-10-18(21)26)12-17(29)14-35-22(30)27-19-7-5-6-8-20(19)34-4/h5-11,16-17,28H,12-14H2,1-4H3,(H,27,30)/t16-,17-/m1/s1. The molecular formula is C24H29Br2N3O7S. The molecule has 1 fully saturated rings. The molecule has 13 heteroatoms. The Morgan fingerprint density at radius 2 is 1.84 bits per heavy atom. The molecule has 3 rings (SSSR count). The van der Waals surface area contributed by atoms with E-state index >= 15 is 0 Å². The zero-order valence-electron chi connectivity index (χ0n) is 20.8. The third-order valence-corrected chi connectivity index (χ3v) is 8.31. The smallest absolute Gasteiger partial charge is 0.411 e. The number of hydrogen-bond donors (Lipinski definition) is 2. The summed E-state index contributed by atoms with van der Waals surface area (Å²) in [5.74, 6) is 0.462. The van der Waals surface area contributed by atoms with E-state index in [0.717, 1.165) is 0 Å². The summed E-state index contributed by atoms with van der Waals surface area (Å²) in [6, 6.07) is 10.4. The molecule has 2 amide bonds. The summed E-state index contributed by atoms with van der Waals surface area (Å²) in [4.78, 5) is 26.8. The van der Waals surface area contributed by atoms with Crippen LogP contribution in [0.5, 0.6) is 5.75 Å². The van der Waals surface area contributed by atoms with Crippen molar-refractivity contribution in [3.8, 4) is 5.75 Å². The number of sulfonamides is 1. The number of anilines is 1. The molecule has 2 aromatic carbocycles. The molecule has 1 saturated heterocycles. The Labute approximate surface area is 233 Å². The number of carbonyl (C=O) groups is 2. The molecule has 1 aliphatic rings. The molecule has 0 bridgehead atoms. The van der Waals surface area contributed by atoms with E-state index < -0.39 is 39.9 Å². The second-order valence-corrected chi connectivity index (χ2v) is 12.8. The van der Waals surface area contributed by atoms with Gasteiger partial charge in [-0.25, -0.2) is 22.7 Å². The van der Waals surface area contributed by atoms with Gasteiger partial charge in [-0.1, -0.05) is 28.1 Å². The number of methoxy groups -OCH3 is 1. The van der Waals surface area contributed by atoms with Crippen LogP contribution in [0, 0.1) is 0 Å². The number of para-hydroxylation sites is 2. The van der Waals surface area contributed by atoms with E-state index in [9.17, 15) is 18.0 Å². The zero-order chi connectivity index (χ0) is 27.4. The number of hydrogen-bond acceptors (Lipinski definition) is 7. The lowest BCUT2D eigenvalue weighted by Gasteiger charge is -2.28. The Morgan fingerprint density at radius 3 is 2.51 bits per heavy atom. The average molecular weight is 663 g/mol. The van der Waals surface area contributed by atoms with Gasteiger partial charge < -0.3 is 19.1 Å². The summed E-state index contributed by atoms with van der Waals surface area (Å²) in [5, 5.41) is 2.61. The van der Waals surface area contributed by atoms with Gasteiger partial charge >= 0.3 is 12.2 Å². The van der Waals surface area contributed by atoms with Crippen LogP contribution in [0.3, 0.4) is 0 Å². The Hall–Kier alpha value is -2.35. The van der Waals surface area contributed by atoms with Gasteiger partial charge in [0.2, 0.25) is 10.0 Å². The number of nitrogens with zero attached hydrogens (tertiary/aromatic N) is 1. The Balaban J connectivity index is 1.73. The summed E-state index contributed by atoms with van der Waals surface area (Å²) in [6.45, 7) is 5.08. The first-order chi connectivity index (χ1) is 17.3. The summed E-state index contributed by atoms with van der Waals surface area (Å²) in [6.07, 6.45) is -1.15. The minimum atomic E-state index is -3.92. The third kappa shape index (κ3) is 8.06. The lowest BCUT2D eigenvalue weighted by atomic mass is 10.2. The van der Waals surface area contributed by atoms with Gasteiger partial charge in [0.05, 0.1) is 23.7 Å². The SMILES string of the molecule is COc1ccccc1NC(=O)OC[C@H]1C[C@@H](NS(=O)(=O)c2cc(Br)ccc2Br)CN1C(=O)OC(C)(C)C. The number of nitrogens with one attached hydrogen (secondary N) is 2. The Bertz CT molecular complexity index is 1250. The molecule has 1 aliphatic heterocycles. The monoisotopic (exact) mass is 661 g/mol. The fraction of sp³-hybridized carbons (Fsp3) is 0.417. The highest BCUT2D eigenvalue weighted by atomic mass is 79.9. The van der Waals surface area contributed by atoms with Gasteiger partial charge in [-0.15, -0.1) is 0 Å². The molecule has 1 heterocycles. The third-order valence-electron chi connectivity index (χ3n) is 5.30. The van der Waals surface area contributed by atoms with Crippen molar-refractivity contribution in [2.24, 2.45) is 0 Å². The number of ether oxygens (including phenoxy) is 3. The number of amides is 2. The number of rotatable bonds is 7. The van der Waals surface area contributed by atoms with Gasteiger partial charge in [0.15, 0.2) is 0 Å². The van der Waals surface area contributed by atoms with Crippen molar-refractivity contribution in [1.29, 1.82) is 0 Å². The van der Waals surface area contributed by atoms with Crippen LogP contribution in [-0.4, -0.2) is 63.5 Å². The molecule has 0 aliphatic carbocycles. The van der Waals surface area contributed by atoms with Crippen molar-refractivity contribution in [1.82, 2.24) is 9.62 Å². The topological polar surface area (TPSA) is 123 Å². The van der Waals surface area contributed by atoms with Crippen LogP contribution in [0.1, 0.15) is 27.2 Å². The van der Waals surface area contributed by atoms with Crippen LogP contribution in [0.15, 0.2) is 56.3 Å². The molecule has 0 radical (unpaired) electrons. The van der Waals surface area contributed by atoms with Crippen molar-refractivity contribution in [2.75, 3.05) is 25.6 Å². The van der Waals surface area contributed by atoms with Crippen molar-refractivity contribution in [2.45, 2.75) is 49.8 Å². The largest absolute Gasteiger partial charge is 0.495 e. The van der Waals surface area contributed by atoms with Crippen LogP contribution >= 0.6 is 31.9 Å². The molecule has 0 saturated carbocycles. The number of likely N-dealkylation sites (tertiary alicyclic amines) is 1. The normalized spacial score (nSPS) is 17.8. The second-order valence-electron chi connectivity index (χ2n) is 9.34. The van der Waals surface area contributed by atoms with E-state index in [4.69, 9.17) is 14.2 Å². The van der Waals surface area contributed by atoms with Crippen LogP contribution in [0.2, 0.25) is 0 Å². The van der Waals surface area contributed by atoms with E-state index in [1.165, 1.54) is 18.1 Å². The lowest BCUT2D eigenvalue weighted by Crippen LogP contribution is -2.43. The van der Waals surface area contributed by atoms with Crippen LogP contribution in [0.25, 0.3) is 0 Å². The zero-order valence-corrected chi connectivity index (χ0v) is 24.8. The lowest BCUT2D eigenvalue weighted by molar-refractivity contribution is 0.0163. The summed E-state index contributed by atoms with van der Waals surface area (Å²) >= 11 is 6.57. The van der Waals surface area contributed by atoms with E-state index in [1.807, 2.05) is 0 Å². The van der Waals surface area contributed by atoms with Gasteiger partial charge in [-0.3, -0.25) is 5.32 Å². The molecule has 0 unspecified atom stereocenters. The minimum Gasteiger partial charge on any atom is -0.495 e. The fourth-order valence-electron chi connectivity index (χ4n) is 3.74. The van der Waals surface area contributed by atoms with Crippen molar-refractivity contribution in [3.63, 3.8) is 0 Å². The van der Waals surface area contributed by atoms with Gasteiger partial charge in [0, 0.05) is 21.5 Å². The number of benzene rings is 2. The number of carbonyl (C=O) groups excluding carboxylic acids is 2. The molecule has 0 aromatic heterocycles. The molecule has 0 spiro atoms. The highest BCUT2D eigenvalue weighted by Gasteiger charge is 2.40. The van der Waals surface area contributed by atoms with Gasteiger partial charge in [-0.2, -0.15) is 0 Å². The maximum absolute atomic E-state index is 13.1. The van der Waals surface area contributed by atoms with Gasteiger partial charge in [0.25, 0.3) is 0 Å². The highest BCUT2D eigenvalue weighted by Crippen LogP contribution is 2.28. The summed E-state index contributed by atoms with van der Waals surface area (Å²) in [5.41, 5.74) is -0.335. The second kappa shape index (κ2) is 12.0. The molecule has 202 valence electrons. The van der Waals surface area contributed by atoms with Crippen LogP contribution in [-0.2, 0) is 19.5 Å². The first-order valence-electron chi connectivity index (χ1n) is 11.3. The molecule has 10 nitrogen and oxygen atoms in total. The maximum Gasteiger partial charge on any atom is 0.411 e. The van der Waals surface area contributed by atoms with E-state index in [0.29, 0.717) is 20.4 Å². The fourth-order valence-corrected chi connectivity index (χ4v) is 6.48. The van der Waals surface area contributed by atoms with Crippen LogP contribution < -0.4 is 14.8 Å². The molecule has 2 N–H and O–H groups in total. The van der Waals surface area contributed by atoms with E-state index in [-0.39, 0.29) is 24.5 Å². The quantitative estimate of drug-likeness (QED) is 0.422. The van der Waals surface area contributed by atoms with Crippen molar-refractivity contribution < 1.29 is 32.2 Å². The van der Waals surface area contributed by atoms with E-state index in [2.05, 4.69) is 41.9 Å². The van der Waals surface area contributed by atoms with Gasteiger partial charge in [0.1, 0.15) is 18.0 Å². The molecular weight excluding hydrogens is 634 g/mol.